The maximum absolute atomic E-state index is 6.35. The molecule has 2 aromatic carbocycles. The summed E-state index contributed by atoms with van der Waals surface area (Å²) in [5.74, 6) is 0.738. The van der Waals surface area contributed by atoms with Gasteiger partial charge in [-0.15, -0.1) is 0 Å². The van der Waals surface area contributed by atoms with Crippen molar-refractivity contribution in [3.8, 4) is 5.75 Å². The van der Waals surface area contributed by atoms with Gasteiger partial charge in [0.05, 0.1) is 13.2 Å². The third-order valence-corrected chi connectivity index (χ3v) is 3.85. The Balaban J connectivity index is 2.44. The van der Waals surface area contributed by atoms with E-state index in [0.717, 1.165) is 16.9 Å². The predicted molar refractivity (Wildman–Crippen MR) is 80.0 cm³/mol. The number of benzene rings is 2. The van der Waals surface area contributed by atoms with E-state index < -0.39 is 0 Å². The van der Waals surface area contributed by atoms with E-state index in [1.165, 1.54) is 11.1 Å². The highest BCUT2D eigenvalue weighted by molar-refractivity contribution is 6.31. The lowest BCUT2D eigenvalue weighted by atomic mass is 9.93. The van der Waals surface area contributed by atoms with Crippen LogP contribution < -0.4 is 10.5 Å². The average molecular weight is 276 g/mol. The van der Waals surface area contributed by atoms with E-state index in [1.54, 1.807) is 13.2 Å². The van der Waals surface area contributed by atoms with Crippen LogP contribution in [0.25, 0.3) is 0 Å². The van der Waals surface area contributed by atoms with E-state index >= 15 is 0 Å². The first kappa shape index (κ1) is 13.9. The molecule has 0 amide bonds. The molecule has 0 bridgehead atoms. The van der Waals surface area contributed by atoms with E-state index in [4.69, 9.17) is 22.1 Å². The molecular formula is C16H18ClNO. The maximum atomic E-state index is 6.35. The third-order valence-electron chi connectivity index (χ3n) is 3.52. The van der Waals surface area contributed by atoms with Crippen molar-refractivity contribution in [1.82, 2.24) is 0 Å². The Bertz CT molecular complexity index is 595. The molecule has 2 aromatic rings. The van der Waals surface area contributed by atoms with Crippen LogP contribution in [-0.4, -0.2) is 7.11 Å². The normalized spacial score (nSPS) is 12.3. The Kier molecular flexibility index (Phi) is 4.13. The monoisotopic (exact) mass is 275 g/mol. The van der Waals surface area contributed by atoms with Crippen molar-refractivity contribution < 1.29 is 4.74 Å². The lowest BCUT2D eigenvalue weighted by molar-refractivity contribution is 0.414. The number of halogens is 1. The number of hydrogen-bond acceptors (Lipinski definition) is 2. The highest BCUT2D eigenvalue weighted by atomic mass is 35.5. The molecule has 0 aliphatic rings. The summed E-state index contributed by atoms with van der Waals surface area (Å²) < 4.78 is 5.15. The average Bonchev–Trinajstić information content (AvgIpc) is 2.41. The number of aryl methyl sites for hydroxylation is 1. The summed E-state index contributed by atoms with van der Waals surface area (Å²) in [4.78, 5) is 0. The van der Waals surface area contributed by atoms with Gasteiger partial charge in [0.2, 0.25) is 0 Å². The third kappa shape index (κ3) is 2.75. The van der Waals surface area contributed by atoms with Crippen molar-refractivity contribution in [2.75, 3.05) is 7.11 Å². The molecule has 19 heavy (non-hydrogen) atoms. The number of hydrogen-bond donors (Lipinski definition) is 1. The summed E-state index contributed by atoms with van der Waals surface area (Å²) in [7, 11) is 1.62. The fourth-order valence-corrected chi connectivity index (χ4v) is 2.45. The van der Waals surface area contributed by atoms with Crippen molar-refractivity contribution in [3.05, 3.63) is 63.7 Å². The molecule has 0 aromatic heterocycles. The first-order valence-corrected chi connectivity index (χ1v) is 6.57. The van der Waals surface area contributed by atoms with Crippen LogP contribution in [0, 0.1) is 13.8 Å². The van der Waals surface area contributed by atoms with Crippen LogP contribution in [0.4, 0.5) is 0 Å². The van der Waals surface area contributed by atoms with Gasteiger partial charge in [0, 0.05) is 5.02 Å². The molecule has 2 rings (SSSR count). The fraction of sp³-hybridized carbons (Fsp3) is 0.250. The van der Waals surface area contributed by atoms with E-state index in [-0.39, 0.29) is 6.04 Å². The minimum atomic E-state index is -0.224. The van der Waals surface area contributed by atoms with Crippen LogP contribution in [0.5, 0.6) is 5.75 Å². The van der Waals surface area contributed by atoms with Gasteiger partial charge in [-0.05, 0) is 48.2 Å². The highest BCUT2D eigenvalue weighted by Gasteiger charge is 2.15. The zero-order valence-corrected chi connectivity index (χ0v) is 12.2. The first-order chi connectivity index (χ1) is 9.04. The van der Waals surface area contributed by atoms with Gasteiger partial charge in [-0.3, -0.25) is 0 Å². The molecule has 0 saturated carbocycles. The van der Waals surface area contributed by atoms with Crippen molar-refractivity contribution in [3.63, 3.8) is 0 Å². The molecular weight excluding hydrogens is 258 g/mol. The van der Waals surface area contributed by atoms with Crippen LogP contribution in [0.1, 0.15) is 28.3 Å². The Hall–Kier alpha value is -1.51. The quantitative estimate of drug-likeness (QED) is 0.918. The van der Waals surface area contributed by atoms with Crippen LogP contribution in [0.15, 0.2) is 36.4 Å². The first-order valence-electron chi connectivity index (χ1n) is 6.19. The molecule has 0 heterocycles. The second kappa shape index (κ2) is 5.64. The largest absolute Gasteiger partial charge is 0.497 e. The van der Waals surface area contributed by atoms with Crippen LogP contribution in [0.2, 0.25) is 5.02 Å². The van der Waals surface area contributed by atoms with Gasteiger partial charge in [-0.1, -0.05) is 35.9 Å². The molecule has 0 spiro atoms. The molecule has 0 aliphatic carbocycles. The van der Waals surface area contributed by atoms with Gasteiger partial charge in [-0.25, -0.2) is 0 Å². The minimum Gasteiger partial charge on any atom is -0.497 e. The standard InChI is InChI=1S/C16H18ClNO/c1-10-5-4-6-13(11(10)2)16(18)14-8-7-12(19-3)9-15(14)17/h4-9,16H,18H2,1-3H3. The van der Waals surface area contributed by atoms with Gasteiger partial charge in [0.25, 0.3) is 0 Å². The molecule has 0 radical (unpaired) electrons. The Labute approximate surface area is 119 Å². The van der Waals surface area contributed by atoms with Crippen molar-refractivity contribution in [1.29, 1.82) is 0 Å². The summed E-state index contributed by atoms with van der Waals surface area (Å²) in [5.41, 5.74) is 10.8. The second-order valence-electron chi connectivity index (χ2n) is 4.65. The van der Waals surface area contributed by atoms with E-state index in [2.05, 4.69) is 19.9 Å². The summed E-state index contributed by atoms with van der Waals surface area (Å²) in [6, 6.07) is 11.5. The van der Waals surface area contributed by atoms with Crippen LogP contribution in [-0.2, 0) is 0 Å². The van der Waals surface area contributed by atoms with Gasteiger partial charge in [-0.2, -0.15) is 0 Å². The van der Waals surface area contributed by atoms with Crippen LogP contribution >= 0.6 is 11.6 Å². The number of rotatable bonds is 3. The summed E-state index contributed by atoms with van der Waals surface area (Å²) in [6.45, 7) is 4.17. The van der Waals surface area contributed by atoms with Crippen molar-refractivity contribution >= 4 is 11.6 Å². The molecule has 0 saturated heterocycles. The molecule has 1 atom stereocenters. The Morgan fingerprint density at radius 3 is 2.47 bits per heavy atom. The van der Waals surface area contributed by atoms with Crippen LogP contribution in [0.3, 0.4) is 0 Å². The van der Waals surface area contributed by atoms with Gasteiger partial charge >= 0.3 is 0 Å². The van der Waals surface area contributed by atoms with Gasteiger partial charge in [0.15, 0.2) is 0 Å². The predicted octanol–water partition coefficient (Wildman–Crippen LogP) is 4.01. The number of nitrogens with two attached hydrogens (primary N) is 1. The molecule has 3 heteroatoms. The molecule has 2 nitrogen and oxygen atoms in total. The highest BCUT2D eigenvalue weighted by Crippen LogP contribution is 2.31. The zero-order chi connectivity index (χ0) is 14.0. The number of methoxy groups -OCH3 is 1. The topological polar surface area (TPSA) is 35.2 Å². The summed E-state index contributed by atoms with van der Waals surface area (Å²) >= 11 is 6.29. The van der Waals surface area contributed by atoms with E-state index in [0.29, 0.717) is 5.02 Å². The molecule has 2 N–H and O–H groups in total. The molecule has 100 valence electrons. The lowest BCUT2D eigenvalue weighted by Crippen LogP contribution is -2.14. The minimum absolute atomic E-state index is 0.224. The fourth-order valence-electron chi connectivity index (χ4n) is 2.17. The second-order valence-corrected chi connectivity index (χ2v) is 5.06. The van der Waals surface area contributed by atoms with Gasteiger partial charge in [0.1, 0.15) is 5.75 Å². The SMILES string of the molecule is COc1ccc(C(N)c2cccc(C)c2C)c(Cl)c1. The number of ether oxygens (including phenoxy) is 1. The summed E-state index contributed by atoms with van der Waals surface area (Å²) in [5, 5.41) is 0.632. The lowest BCUT2D eigenvalue weighted by Gasteiger charge is -2.18. The van der Waals surface area contributed by atoms with E-state index in [1.807, 2.05) is 24.3 Å². The smallest absolute Gasteiger partial charge is 0.120 e. The van der Waals surface area contributed by atoms with Crippen molar-refractivity contribution in [2.45, 2.75) is 19.9 Å². The Morgan fingerprint density at radius 2 is 1.84 bits per heavy atom. The molecule has 1 unspecified atom stereocenters. The summed E-state index contributed by atoms with van der Waals surface area (Å²) in [6.07, 6.45) is 0. The Morgan fingerprint density at radius 1 is 1.11 bits per heavy atom. The zero-order valence-electron chi connectivity index (χ0n) is 11.4. The maximum Gasteiger partial charge on any atom is 0.120 e. The van der Waals surface area contributed by atoms with E-state index in [9.17, 15) is 0 Å². The molecule has 0 fully saturated rings. The van der Waals surface area contributed by atoms with Gasteiger partial charge < -0.3 is 10.5 Å². The van der Waals surface area contributed by atoms with Crippen molar-refractivity contribution in [2.24, 2.45) is 5.73 Å². The molecule has 0 aliphatic heterocycles.